The lowest BCUT2D eigenvalue weighted by Crippen LogP contribution is -2.29. The maximum Gasteiger partial charge on any atom is 0.252 e. The Kier molecular flexibility index (Phi) is 12.0. The van der Waals surface area contributed by atoms with Gasteiger partial charge < -0.3 is 20.5 Å². The second-order valence-electron chi connectivity index (χ2n) is 10.8. The van der Waals surface area contributed by atoms with Gasteiger partial charge in [0.1, 0.15) is 12.4 Å². The van der Waals surface area contributed by atoms with Crippen LogP contribution in [0.2, 0.25) is 0 Å². The quantitative estimate of drug-likeness (QED) is 0.141. The van der Waals surface area contributed by atoms with Crippen LogP contribution in [0.1, 0.15) is 58.8 Å². The molecule has 1 amide bonds. The standard InChI is InChI=1S/C36H43N3O3/c1-38(32-19-11-6-12-20-32)23-13-2-3-14-24-39(26-29-15-7-4-8-16-29)27-34(40)31-21-22-35(33(25-31)36(37)41)42-28-30-17-9-5-10-18-30/h4-12,15-22,25,34,40H,2-3,13-14,23-24,26-28H2,1H3,(H2,37,41). The summed E-state index contributed by atoms with van der Waals surface area (Å²) in [4.78, 5) is 16.9. The van der Waals surface area contributed by atoms with Gasteiger partial charge in [0.15, 0.2) is 0 Å². The van der Waals surface area contributed by atoms with Crippen LogP contribution in [-0.4, -0.2) is 42.6 Å². The normalized spacial score (nSPS) is 11.8. The van der Waals surface area contributed by atoms with E-state index in [1.165, 1.54) is 11.3 Å². The van der Waals surface area contributed by atoms with E-state index in [-0.39, 0.29) is 5.56 Å². The van der Waals surface area contributed by atoms with E-state index in [2.05, 4.69) is 53.2 Å². The van der Waals surface area contributed by atoms with Crippen molar-refractivity contribution in [2.24, 2.45) is 5.73 Å². The summed E-state index contributed by atoms with van der Waals surface area (Å²) in [5.41, 5.74) is 10.1. The number of carbonyl (C=O) groups is 1. The van der Waals surface area contributed by atoms with Crippen LogP contribution < -0.4 is 15.4 Å². The molecule has 0 aliphatic heterocycles. The molecule has 0 spiro atoms. The minimum absolute atomic E-state index is 0.276. The molecule has 1 unspecified atom stereocenters. The van der Waals surface area contributed by atoms with Crippen LogP contribution in [0.4, 0.5) is 5.69 Å². The van der Waals surface area contributed by atoms with Crippen molar-refractivity contribution >= 4 is 11.6 Å². The fraction of sp³-hybridized carbons (Fsp3) is 0.306. The van der Waals surface area contributed by atoms with E-state index in [1.54, 1.807) is 12.1 Å². The molecule has 0 heterocycles. The van der Waals surface area contributed by atoms with Gasteiger partial charge in [0.05, 0.1) is 11.7 Å². The van der Waals surface area contributed by atoms with Crippen molar-refractivity contribution < 1.29 is 14.6 Å². The minimum Gasteiger partial charge on any atom is -0.488 e. The Bertz CT molecular complexity index is 1350. The number of nitrogens with zero attached hydrogens (tertiary/aromatic N) is 2. The lowest BCUT2D eigenvalue weighted by Gasteiger charge is -2.26. The van der Waals surface area contributed by atoms with E-state index in [0.29, 0.717) is 24.5 Å². The van der Waals surface area contributed by atoms with Crippen LogP contribution in [0.5, 0.6) is 5.75 Å². The predicted molar refractivity (Wildman–Crippen MR) is 171 cm³/mol. The Hall–Kier alpha value is -4.13. The van der Waals surface area contributed by atoms with Gasteiger partial charge >= 0.3 is 0 Å². The van der Waals surface area contributed by atoms with Gasteiger partial charge in [-0.25, -0.2) is 0 Å². The summed E-state index contributed by atoms with van der Waals surface area (Å²) in [6.45, 7) is 3.44. The summed E-state index contributed by atoms with van der Waals surface area (Å²) in [7, 11) is 2.14. The van der Waals surface area contributed by atoms with Gasteiger partial charge in [-0.05, 0) is 60.3 Å². The zero-order valence-corrected chi connectivity index (χ0v) is 24.6. The van der Waals surface area contributed by atoms with Crippen LogP contribution in [0.3, 0.4) is 0 Å². The molecule has 0 aromatic heterocycles. The van der Waals surface area contributed by atoms with Crippen molar-refractivity contribution in [1.82, 2.24) is 4.90 Å². The summed E-state index contributed by atoms with van der Waals surface area (Å²) in [5.74, 6) is -0.160. The number of nitrogens with two attached hydrogens (primary N) is 1. The van der Waals surface area contributed by atoms with Gasteiger partial charge in [-0.1, -0.05) is 97.8 Å². The molecule has 4 rings (SSSR count). The molecule has 0 saturated carbocycles. The van der Waals surface area contributed by atoms with Crippen LogP contribution in [0.15, 0.2) is 109 Å². The van der Waals surface area contributed by atoms with Crippen molar-refractivity contribution in [3.8, 4) is 5.75 Å². The van der Waals surface area contributed by atoms with Gasteiger partial charge in [0, 0.05) is 32.4 Å². The number of carbonyl (C=O) groups excluding carboxylic acids is 1. The van der Waals surface area contributed by atoms with Crippen LogP contribution in [0, 0.1) is 0 Å². The summed E-state index contributed by atoms with van der Waals surface area (Å²) < 4.78 is 5.91. The van der Waals surface area contributed by atoms with E-state index >= 15 is 0 Å². The highest BCUT2D eigenvalue weighted by Gasteiger charge is 2.18. The molecule has 0 bridgehead atoms. The highest BCUT2D eigenvalue weighted by atomic mass is 16.5. The van der Waals surface area contributed by atoms with E-state index in [9.17, 15) is 9.90 Å². The van der Waals surface area contributed by atoms with Gasteiger partial charge in [-0.3, -0.25) is 9.69 Å². The van der Waals surface area contributed by atoms with E-state index in [0.717, 1.165) is 50.9 Å². The predicted octanol–water partition coefficient (Wildman–Crippen LogP) is 6.60. The first-order valence-corrected chi connectivity index (χ1v) is 14.8. The first kappa shape index (κ1) is 30.8. The Morgan fingerprint density at radius 3 is 2.02 bits per heavy atom. The van der Waals surface area contributed by atoms with Gasteiger partial charge in [0.2, 0.25) is 0 Å². The molecule has 0 radical (unpaired) electrons. The number of para-hydroxylation sites is 1. The second-order valence-corrected chi connectivity index (χ2v) is 10.8. The molecule has 0 aliphatic carbocycles. The molecule has 0 fully saturated rings. The SMILES string of the molecule is CN(CCCCCCN(Cc1ccccc1)CC(O)c1ccc(OCc2ccccc2)c(C(N)=O)c1)c1ccccc1. The lowest BCUT2D eigenvalue weighted by molar-refractivity contribution is 0.0992. The number of rotatable bonds is 17. The fourth-order valence-corrected chi connectivity index (χ4v) is 5.08. The molecule has 42 heavy (non-hydrogen) atoms. The average Bonchev–Trinajstić information content (AvgIpc) is 3.02. The number of benzene rings is 4. The number of hydrogen-bond acceptors (Lipinski definition) is 5. The summed E-state index contributed by atoms with van der Waals surface area (Å²) >= 11 is 0. The molecule has 4 aromatic carbocycles. The molecular formula is C36H43N3O3. The Balaban J connectivity index is 1.33. The lowest BCUT2D eigenvalue weighted by atomic mass is 10.0. The molecule has 6 nitrogen and oxygen atoms in total. The molecule has 0 saturated heterocycles. The largest absolute Gasteiger partial charge is 0.488 e. The van der Waals surface area contributed by atoms with E-state index < -0.39 is 12.0 Å². The number of aliphatic hydroxyl groups is 1. The van der Waals surface area contributed by atoms with E-state index in [4.69, 9.17) is 10.5 Å². The van der Waals surface area contributed by atoms with Crippen molar-refractivity contribution in [1.29, 1.82) is 0 Å². The van der Waals surface area contributed by atoms with Crippen molar-refractivity contribution in [2.45, 2.75) is 44.9 Å². The Labute approximate surface area is 250 Å². The highest BCUT2D eigenvalue weighted by Crippen LogP contribution is 2.26. The number of hydrogen-bond donors (Lipinski definition) is 2. The number of anilines is 1. The zero-order valence-electron chi connectivity index (χ0n) is 24.6. The van der Waals surface area contributed by atoms with Crippen molar-refractivity contribution in [2.75, 3.05) is 31.6 Å². The zero-order chi connectivity index (χ0) is 29.6. The number of amides is 1. The van der Waals surface area contributed by atoms with Gasteiger partial charge in [0.25, 0.3) is 5.91 Å². The first-order valence-electron chi connectivity index (χ1n) is 14.8. The summed E-state index contributed by atoms with van der Waals surface area (Å²) in [6, 6.07) is 35.8. The minimum atomic E-state index is -0.769. The Morgan fingerprint density at radius 1 is 0.786 bits per heavy atom. The number of ether oxygens (including phenoxy) is 1. The third-order valence-electron chi connectivity index (χ3n) is 7.49. The van der Waals surface area contributed by atoms with Crippen molar-refractivity contribution in [3.63, 3.8) is 0 Å². The van der Waals surface area contributed by atoms with Gasteiger partial charge in [-0.15, -0.1) is 0 Å². The molecule has 0 aliphatic rings. The molecule has 6 heteroatoms. The maximum atomic E-state index is 12.3. The van der Waals surface area contributed by atoms with E-state index in [1.807, 2.05) is 60.7 Å². The molecule has 3 N–H and O–H groups in total. The van der Waals surface area contributed by atoms with Gasteiger partial charge in [-0.2, -0.15) is 0 Å². The average molecular weight is 566 g/mol. The molecular weight excluding hydrogens is 522 g/mol. The van der Waals surface area contributed by atoms with Crippen LogP contribution >= 0.6 is 0 Å². The van der Waals surface area contributed by atoms with Crippen LogP contribution in [0.25, 0.3) is 0 Å². The smallest absolute Gasteiger partial charge is 0.252 e. The first-order chi connectivity index (χ1) is 20.5. The number of primary amides is 1. The van der Waals surface area contributed by atoms with Crippen molar-refractivity contribution in [3.05, 3.63) is 131 Å². The molecule has 4 aromatic rings. The molecule has 220 valence electrons. The fourth-order valence-electron chi connectivity index (χ4n) is 5.08. The third-order valence-corrected chi connectivity index (χ3v) is 7.49. The monoisotopic (exact) mass is 565 g/mol. The maximum absolute atomic E-state index is 12.3. The second kappa shape index (κ2) is 16.3. The topological polar surface area (TPSA) is 79.0 Å². The summed E-state index contributed by atoms with van der Waals surface area (Å²) in [5, 5.41) is 11.2. The number of unbranched alkanes of at least 4 members (excludes halogenated alkanes) is 3. The molecule has 1 atom stereocenters. The number of aliphatic hydroxyl groups excluding tert-OH is 1. The Morgan fingerprint density at radius 2 is 1.38 bits per heavy atom. The third kappa shape index (κ3) is 9.75. The highest BCUT2D eigenvalue weighted by molar-refractivity contribution is 5.95. The van der Waals surface area contributed by atoms with Crippen LogP contribution in [-0.2, 0) is 13.2 Å². The summed E-state index contributed by atoms with van der Waals surface area (Å²) in [6.07, 6.45) is 3.71.